The van der Waals surface area contributed by atoms with Gasteiger partial charge in [0, 0.05) is 18.2 Å². The molecule has 2 atom stereocenters. The number of nitrogens with one attached hydrogen (secondary N) is 2. The van der Waals surface area contributed by atoms with Crippen molar-refractivity contribution in [2.24, 2.45) is 5.92 Å². The van der Waals surface area contributed by atoms with Gasteiger partial charge in [-0.05, 0) is 40.0 Å². The van der Waals surface area contributed by atoms with E-state index in [2.05, 4.69) is 29.6 Å². The molecule has 0 radical (unpaired) electrons. The molecule has 0 bridgehead atoms. The summed E-state index contributed by atoms with van der Waals surface area (Å²) in [7, 11) is 0. The molecule has 0 aliphatic carbocycles. The molecule has 0 unspecified atom stereocenters. The molecule has 0 aliphatic rings. The van der Waals surface area contributed by atoms with Crippen LogP contribution in [-0.4, -0.2) is 36.5 Å². The highest BCUT2D eigenvalue weighted by molar-refractivity contribution is 5.74. The average molecular weight is 311 g/mol. The topological polar surface area (TPSA) is 76.4 Å². The van der Waals surface area contributed by atoms with Crippen LogP contribution in [0.15, 0.2) is 4.52 Å². The first-order valence-corrected chi connectivity index (χ1v) is 7.86. The Morgan fingerprint density at radius 1 is 1.14 bits per heavy atom. The number of hydrogen-bond donors (Lipinski definition) is 2. The molecule has 22 heavy (non-hydrogen) atoms. The fourth-order valence-corrected chi connectivity index (χ4v) is 2.16. The highest BCUT2D eigenvalue weighted by atomic mass is 16.5. The Morgan fingerprint density at radius 3 is 2.32 bits per heavy atom. The van der Waals surface area contributed by atoms with Crippen molar-refractivity contribution in [1.82, 2.24) is 15.8 Å². The zero-order valence-corrected chi connectivity index (χ0v) is 14.5. The smallest absolute Gasteiger partial charge is 0.315 e. The first kappa shape index (κ1) is 18.5. The molecule has 0 saturated heterocycles. The molecule has 1 rings (SSSR count). The molecule has 0 aliphatic heterocycles. The summed E-state index contributed by atoms with van der Waals surface area (Å²) in [6.07, 6.45) is 0.701. The SMILES string of the molecule is Cc1noc(C)c1C[C@@H](C)NC(=O)N[C@H](C)COCC(C)C. The van der Waals surface area contributed by atoms with Gasteiger partial charge in [0.15, 0.2) is 0 Å². The Morgan fingerprint density at radius 2 is 1.77 bits per heavy atom. The molecule has 6 heteroatoms. The van der Waals surface area contributed by atoms with E-state index in [-0.39, 0.29) is 18.1 Å². The Hall–Kier alpha value is -1.56. The van der Waals surface area contributed by atoms with Gasteiger partial charge in [-0.3, -0.25) is 0 Å². The lowest BCUT2D eigenvalue weighted by Gasteiger charge is -2.18. The van der Waals surface area contributed by atoms with Gasteiger partial charge in [-0.2, -0.15) is 0 Å². The average Bonchev–Trinajstić information content (AvgIpc) is 2.69. The minimum atomic E-state index is -0.181. The van der Waals surface area contributed by atoms with Gasteiger partial charge in [0.25, 0.3) is 0 Å². The van der Waals surface area contributed by atoms with Gasteiger partial charge in [-0.1, -0.05) is 19.0 Å². The second-order valence-corrected chi connectivity index (χ2v) is 6.36. The third-order valence-electron chi connectivity index (χ3n) is 3.27. The number of carbonyl (C=O) groups excluding carboxylic acids is 1. The molecule has 0 saturated carbocycles. The Kier molecular flexibility index (Phi) is 7.38. The van der Waals surface area contributed by atoms with Crippen molar-refractivity contribution >= 4 is 6.03 Å². The van der Waals surface area contributed by atoms with Crippen LogP contribution in [0.5, 0.6) is 0 Å². The maximum absolute atomic E-state index is 11.9. The lowest BCUT2D eigenvalue weighted by atomic mass is 10.1. The van der Waals surface area contributed by atoms with Crippen LogP contribution < -0.4 is 10.6 Å². The van der Waals surface area contributed by atoms with Crippen LogP contribution in [0.25, 0.3) is 0 Å². The van der Waals surface area contributed by atoms with Crippen molar-refractivity contribution in [3.05, 3.63) is 17.0 Å². The Bertz CT molecular complexity index is 452. The Labute approximate surface area is 133 Å². The third kappa shape index (κ3) is 6.47. The van der Waals surface area contributed by atoms with Crippen LogP contribution in [-0.2, 0) is 11.2 Å². The van der Waals surface area contributed by atoms with Crippen molar-refractivity contribution in [3.63, 3.8) is 0 Å². The second-order valence-electron chi connectivity index (χ2n) is 6.36. The van der Waals surface area contributed by atoms with Gasteiger partial charge in [-0.15, -0.1) is 0 Å². The van der Waals surface area contributed by atoms with Crippen molar-refractivity contribution in [2.75, 3.05) is 13.2 Å². The quantitative estimate of drug-likeness (QED) is 0.773. The molecule has 6 nitrogen and oxygen atoms in total. The molecule has 1 aromatic rings. The van der Waals surface area contributed by atoms with Crippen LogP contribution in [0.3, 0.4) is 0 Å². The highest BCUT2D eigenvalue weighted by Crippen LogP contribution is 2.14. The fourth-order valence-electron chi connectivity index (χ4n) is 2.16. The second kappa shape index (κ2) is 8.78. The van der Waals surface area contributed by atoms with E-state index < -0.39 is 0 Å². The molecule has 2 amide bonds. The van der Waals surface area contributed by atoms with E-state index in [1.165, 1.54) is 0 Å². The van der Waals surface area contributed by atoms with E-state index in [0.29, 0.717) is 25.6 Å². The Balaban J connectivity index is 2.32. The summed E-state index contributed by atoms with van der Waals surface area (Å²) in [5.74, 6) is 1.30. The summed E-state index contributed by atoms with van der Waals surface area (Å²) in [5.41, 5.74) is 1.93. The minimum absolute atomic E-state index is 0.000539. The molecule has 0 fully saturated rings. The summed E-state index contributed by atoms with van der Waals surface area (Å²) >= 11 is 0. The number of aromatic nitrogens is 1. The fraction of sp³-hybridized carbons (Fsp3) is 0.750. The van der Waals surface area contributed by atoms with Gasteiger partial charge in [-0.25, -0.2) is 4.79 Å². The van der Waals surface area contributed by atoms with E-state index in [1.54, 1.807) is 0 Å². The van der Waals surface area contributed by atoms with E-state index in [4.69, 9.17) is 9.26 Å². The number of nitrogens with zero attached hydrogens (tertiary/aromatic N) is 1. The largest absolute Gasteiger partial charge is 0.379 e. The molecule has 1 heterocycles. The normalized spacial score (nSPS) is 14.0. The first-order chi connectivity index (χ1) is 10.3. The lowest BCUT2D eigenvalue weighted by molar-refractivity contribution is 0.0953. The summed E-state index contributed by atoms with van der Waals surface area (Å²) in [5, 5.41) is 9.73. The highest BCUT2D eigenvalue weighted by Gasteiger charge is 2.15. The summed E-state index contributed by atoms with van der Waals surface area (Å²) in [6.45, 7) is 13.1. The van der Waals surface area contributed by atoms with Gasteiger partial charge < -0.3 is 19.9 Å². The van der Waals surface area contributed by atoms with E-state index in [9.17, 15) is 4.79 Å². The van der Waals surface area contributed by atoms with Crippen molar-refractivity contribution in [2.45, 2.75) is 60.0 Å². The van der Waals surface area contributed by atoms with Crippen LogP contribution in [0.2, 0.25) is 0 Å². The van der Waals surface area contributed by atoms with Gasteiger partial charge >= 0.3 is 6.03 Å². The number of hydrogen-bond acceptors (Lipinski definition) is 4. The van der Waals surface area contributed by atoms with E-state index in [0.717, 1.165) is 17.0 Å². The summed E-state index contributed by atoms with van der Waals surface area (Å²) in [4.78, 5) is 11.9. The predicted molar refractivity (Wildman–Crippen MR) is 85.9 cm³/mol. The summed E-state index contributed by atoms with van der Waals surface area (Å²) in [6, 6.07) is -0.203. The summed E-state index contributed by atoms with van der Waals surface area (Å²) < 4.78 is 10.7. The molecule has 1 aromatic heterocycles. The van der Waals surface area contributed by atoms with Crippen molar-refractivity contribution in [1.29, 1.82) is 0 Å². The van der Waals surface area contributed by atoms with Gasteiger partial charge in [0.2, 0.25) is 0 Å². The van der Waals surface area contributed by atoms with E-state index in [1.807, 2.05) is 27.7 Å². The van der Waals surface area contributed by atoms with Crippen LogP contribution in [0.4, 0.5) is 4.79 Å². The molecule has 0 aromatic carbocycles. The number of urea groups is 1. The van der Waals surface area contributed by atoms with Crippen LogP contribution >= 0.6 is 0 Å². The molecule has 126 valence electrons. The standard InChI is InChI=1S/C16H29N3O3/c1-10(2)8-21-9-12(4)18-16(20)17-11(3)7-15-13(5)19-22-14(15)6/h10-12H,7-9H2,1-6H3,(H2,17,18,20)/t11-,12-/m1/s1. The molecular formula is C16H29N3O3. The molecule has 2 N–H and O–H groups in total. The number of ether oxygens (including phenoxy) is 1. The number of carbonyl (C=O) groups is 1. The van der Waals surface area contributed by atoms with Crippen molar-refractivity contribution in [3.8, 4) is 0 Å². The first-order valence-electron chi connectivity index (χ1n) is 7.86. The molecule has 0 spiro atoms. The zero-order valence-electron chi connectivity index (χ0n) is 14.5. The zero-order chi connectivity index (χ0) is 16.7. The minimum Gasteiger partial charge on any atom is -0.379 e. The van der Waals surface area contributed by atoms with Gasteiger partial charge in [0.1, 0.15) is 5.76 Å². The maximum Gasteiger partial charge on any atom is 0.315 e. The monoisotopic (exact) mass is 311 g/mol. The molecular weight excluding hydrogens is 282 g/mol. The third-order valence-corrected chi connectivity index (χ3v) is 3.27. The lowest BCUT2D eigenvalue weighted by Crippen LogP contribution is -2.46. The number of rotatable bonds is 8. The number of amides is 2. The van der Waals surface area contributed by atoms with Crippen molar-refractivity contribution < 1.29 is 14.1 Å². The predicted octanol–water partition coefficient (Wildman–Crippen LogP) is 2.58. The maximum atomic E-state index is 11.9. The number of aryl methyl sites for hydroxylation is 2. The van der Waals surface area contributed by atoms with Gasteiger partial charge in [0.05, 0.1) is 18.3 Å². The van der Waals surface area contributed by atoms with Crippen LogP contribution in [0, 0.1) is 19.8 Å². The van der Waals surface area contributed by atoms with E-state index >= 15 is 0 Å². The van der Waals surface area contributed by atoms with Crippen LogP contribution in [0.1, 0.15) is 44.7 Å².